The van der Waals surface area contributed by atoms with Gasteiger partial charge in [-0.05, 0) is 31.0 Å². The van der Waals surface area contributed by atoms with Crippen LogP contribution in [0.15, 0.2) is 18.2 Å². The fraction of sp³-hybridized carbons (Fsp3) is 0.538. The lowest BCUT2D eigenvalue weighted by Gasteiger charge is -2.24. The summed E-state index contributed by atoms with van der Waals surface area (Å²) in [7, 11) is 0. The van der Waals surface area contributed by atoms with E-state index in [1.807, 2.05) is 18.2 Å². The van der Waals surface area contributed by atoms with Gasteiger partial charge in [0.25, 0.3) is 0 Å². The summed E-state index contributed by atoms with van der Waals surface area (Å²) in [5.41, 5.74) is 7.59. The number of benzene rings is 1. The minimum atomic E-state index is 0.413. The third-order valence-corrected chi connectivity index (χ3v) is 3.39. The molecular formula is C13H21ClN2. The van der Waals surface area contributed by atoms with Crippen LogP contribution in [-0.2, 0) is 0 Å². The molecule has 0 radical (unpaired) electrons. The average Bonchev–Trinajstić information content (AvgIpc) is 2.25. The number of hydrogen-bond donors (Lipinski definition) is 2. The maximum atomic E-state index is 5.95. The van der Waals surface area contributed by atoms with Crippen molar-refractivity contribution in [2.75, 3.05) is 11.1 Å². The monoisotopic (exact) mass is 240 g/mol. The lowest BCUT2D eigenvalue weighted by molar-refractivity contribution is 0.438. The molecule has 0 bridgehead atoms. The molecule has 1 aromatic carbocycles. The van der Waals surface area contributed by atoms with Crippen LogP contribution in [-0.4, -0.2) is 6.04 Å². The predicted octanol–water partition coefficient (Wildman–Crippen LogP) is 4.16. The number of rotatable bonds is 5. The van der Waals surface area contributed by atoms with E-state index in [0.717, 1.165) is 11.4 Å². The third-order valence-electron chi connectivity index (χ3n) is 3.15. The molecule has 1 aromatic rings. The Morgan fingerprint density at radius 2 is 1.94 bits per heavy atom. The highest BCUT2D eigenvalue weighted by Gasteiger charge is 2.14. The summed E-state index contributed by atoms with van der Waals surface area (Å²) in [6.07, 6.45) is 2.34. The minimum absolute atomic E-state index is 0.413. The van der Waals surface area contributed by atoms with Crippen LogP contribution < -0.4 is 11.1 Å². The predicted molar refractivity (Wildman–Crippen MR) is 73.0 cm³/mol. The van der Waals surface area contributed by atoms with Crippen molar-refractivity contribution < 1.29 is 0 Å². The molecular weight excluding hydrogens is 220 g/mol. The molecule has 3 heteroatoms. The largest absolute Gasteiger partial charge is 0.397 e. The zero-order chi connectivity index (χ0) is 12.1. The molecule has 0 aliphatic heterocycles. The Balaban J connectivity index is 2.75. The van der Waals surface area contributed by atoms with E-state index in [4.69, 9.17) is 17.3 Å². The van der Waals surface area contributed by atoms with Gasteiger partial charge in [-0.3, -0.25) is 0 Å². The van der Waals surface area contributed by atoms with E-state index in [1.54, 1.807) is 0 Å². The Labute approximate surface area is 103 Å². The van der Waals surface area contributed by atoms with Crippen molar-refractivity contribution in [2.24, 2.45) is 5.92 Å². The number of nitrogens with one attached hydrogen (secondary N) is 1. The van der Waals surface area contributed by atoms with Crippen LogP contribution in [0.2, 0.25) is 5.02 Å². The van der Waals surface area contributed by atoms with Crippen molar-refractivity contribution >= 4 is 23.0 Å². The normalized spacial score (nSPS) is 12.8. The Morgan fingerprint density at radius 1 is 1.31 bits per heavy atom. The Morgan fingerprint density at radius 3 is 2.50 bits per heavy atom. The van der Waals surface area contributed by atoms with Crippen molar-refractivity contribution in [3.05, 3.63) is 23.2 Å². The number of nitrogen functional groups attached to an aromatic ring is 1. The van der Waals surface area contributed by atoms with E-state index in [0.29, 0.717) is 17.0 Å². The first kappa shape index (κ1) is 13.2. The van der Waals surface area contributed by atoms with Crippen LogP contribution in [0.3, 0.4) is 0 Å². The standard InChI is InChI=1S/C13H21ClN2/c1-4-10(5-2)9(3)16-13-8-11(14)6-7-12(13)15/h6-10,16H,4-5,15H2,1-3H3. The summed E-state index contributed by atoms with van der Waals surface area (Å²) in [6, 6.07) is 5.94. The number of anilines is 2. The molecule has 3 N–H and O–H groups in total. The van der Waals surface area contributed by atoms with E-state index in [9.17, 15) is 0 Å². The molecule has 0 amide bonds. The summed E-state index contributed by atoms with van der Waals surface area (Å²) in [5, 5.41) is 4.16. The fourth-order valence-electron chi connectivity index (χ4n) is 2.01. The Bertz CT molecular complexity index is 335. The third kappa shape index (κ3) is 3.31. The van der Waals surface area contributed by atoms with Gasteiger partial charge in [0, 0.05) is 11.1 Å². The van der Waals surface area contributed by atoms with Gasteiger partial charge in [0.15, 0.2) is 0 Å². The lowest BCUT2D eigenvalue weighted by Crippen LogP contribution is -2.25. The summed E-state index contributed by atoms with van der Waals surface area (Å²) in [6.45, 7) is 6.62. The number of halogens is 1. The fourth-order valence-corrected chi connectivity index (χ4v) is 2.18. The van der Waals surface area contributed by atoms with Crippen molar-refractivity contribution in [2.45, 2.75) is 39.7 Å². The topological polar surface area (TPSA) is 38.0 Å². The second kappa shape index (κ2) is 6.00. The van der Waals surface area contributed by atoms with Gasteiger partial charge in [-0.25, -0.2) is 0 Å². The molecule has 0 heterocycles. The minimum Gasteiger partial charge on any atom is -0.397 e. The van der Waals surface area contributed by atoms with Crippen LogP contribution in [0.25, 0.3) is 0 Å². The first-order valence-corrected chi connectivity index (χ1v) is 6.27. The molecule has 0 aliphatic rings. The highest BCUT2D eigenvalue weighted by molar-refractivity contribution is 6.31. The quantitative estimate of drug-likeness (QED) is 0.759. The molecule has 0 fully saturated rings. The number of nitrogens with two attached hydrogens (primary N) is 1. The lowest BCUT2D eigenvalue weighted by atomic mass is 9.95. The molecule has 16 heavy (non-hydrogen) atoms. The molecule has 2 nitrogen and oxygen atoms in total. The maximum absolute atomic E-state index is 5.95. The molecule has 0 spiro atoms. The van der Waals surface area contributed by atoms with Gasteiger partial charge in [0.2, 0.25) is 0 Å². The van der Waals surface area contributed by atoms with Gasteiger partial charge < -0.3 is 11.1 Å². The van der Waals surface area contributed by atoms with Crippen molar-refractivity contribution in [3.8, 4) is 0 Å². The van der Waals surface area contributed by atoms with E-state index in [-0.39, 0.29) is 0 Å². The molecule has 1 rings (SSSR count). The zero-order valence-corrected chi connectivity index (χ0v) is 11.0. The van der Waals surface area contributed by atoms with Crippen LogP contribution >= 0.6 is 11.6 Å². The van der Waals surface area contributed by atoms with E-state index in [1.165, 1.54) is 12.8 Å². The van der Waals surface area contributed by atoms with E-state index >= 15 is 0 Å². The Kier molecular flexibility index (Phi) is 4.94. The molecule has 1 unspecified atom stereocenters. The van der Waals surface area contributed by atoms with Gasteiger partial charge in [-0.15, -0.1) is 0 Å². The summed E-state index contributed by atoms with van der Waals surface area (Å²) in [5.74, 6) is 0.665. The maximum Gasteiger partial charge on any atom is 0.0591 e. The summed E-state index contributed by atoms with van der Waals surface area (Å²) in [4.78, 5) is 0. The number of hydrogen-bond acceptors (Lipinski definition) is 2. The average molecular weight is 241 g/mol. The first-order valence-electron chi connectivity index (χ1n) is 5.90. The van der Waals surface area contributed by atoms with Gasteiger partial charge >= 0.3 is 0 Å². The zero-order valence-electron chi connectivity index (χ0n) is 10.3. The van der Waals surface area contributed by atoms with Crippen LogP contribution in [0.1, 0.15) is 33.6 Å². The highest BCUT2D eigenvalue weighted by atomic mass is 35.5. The first-order chi connectivity index (χ1) is 7.58. The van der Waals surface area contributed by atoms with E-state index in [2.05, 4.69) is 26.1 Å². The molecule has 0 aliphatic carbocycles. The van der Waals surface area contributed by atoms with Crippen molar-refractivity contribution in [1.29, 1.82) is 0 Å². The SMILES string of the molecule is CCC(CC)C(C)Nc1cc(Cl)ccc1N. The van der Waals surface area contributed by atoms with E-state index < -0.39 is 0 Å². The van der Waals surface area contributed by atoms with Crippen LogP contribution in [0, 0.1) is 5.92 Å². The van der Waals surface area contributed by atoms with Gasteiger partial charge in [0.05, 0.1) is 11.4 Å². The van der Waals surface area contributed by atoms with Gasteiger partial charge in [-0.2, -0.15) is 0 Å². The molecule has 0 aromatic heterocycles. The second-order valence-electron chi connectivity index (χ2n) is 4.24. The highest BCUT2D eigenvalue weighted by Crippen LogP contribution is 2.26. The van der Waals surface area contributed by atoms with Crippen molar-refractivity contribution in [1.82, 2.24) is 0 Å². The van der Waals surface area contributed by atoms with Crippen LogP contribution in [0.5, 0.6) is 0 Å². The molecule has 1 atom stereocenters. The summed E-state index contributed by atoms with van der Waals surface area (Å²) >= 11 is 5.95. The van der Waals surface area contributed by atoms with Gasteiger partial charge in [-0.1, -0.05) is 38.3 Å². The smallest absolute Gasteiger partial charge is 0.0591 e. The van der Waals surface area contributed by atoms with Crippen molar-refractivity contribution in [3.63, 3.8) is 0 Å². The van der Waals surface area contributed by atoms with Crippen LogP contribution in [0.4, 0.5) is 11.4 Å². The molecule has 90 valence electrons. The second-order valence-corrected chi connectivity index (χ2v) is 4.68. The molecule has 0 saturated carbocycles. The Hall–Kier alpha value is -0.890. The van der Waals surface area contributed by atoms with Gasteiger partial charge in [0.1, 0.15) is 0 Å². The summed E-state index contributed by atoms with van der Waals surface area (Å²) < 4.78 is 0. The molecule has 0 saturated heterocycles.